The van der Waals surface area contributed by atoms with Crippen LogP contribution in [0.5, 0.6) is 5.75 Å². The first-order valence-electron chi connectivity index (χ1n) is 8.27. The topological polar surface area (TPSA) is 92.9 Å². The summed E-state index contributed by atoms with van der Waals surface area (Å²) in [6, 6.07) is 9.51. The normalized spacial score (nSPS) is 11.7. The van der Waals surface area contributed by atoms with Crippen molar-refractivity contribution in [3.63, 3.8) is 0 Å². The molecule has 0 bridgehead atoms. The highest BCUT2D eigenvalue weighted by molar-refractivity contribution is 6.31. The molecule has 1 amide bonds. The molecule has 0 radical (unpaired) electrons. The third kappa shape index (κ3) is 5.18. The molecule has 0 saturated carbocycles. The van der Waals surface area contributed by atoms with Gasteiger partial charge < -0.3 is 14.7 Å². The SMILES string of the molecule is Cc1cc(OCC(O)CN(C)C(=O)c2cccc([N+](=O)[O-])c2C)ccc1Cl. The fourth-order valence-electron chi connectivity index (χ4n) is 2.61. The van der Waals surface area contributed by atoms with Crippen molar-refractivity contribution in [1.82, 2.24) is 4.90 Å². The Morgan fingerprint density at radius 2 is 2.04 bits per heavy atom. The number of nitro benzene ring substituents is 1. The molecule has 2 aromatic rings. The monoisotopic (exact) mass is 392 g/mol. The molecule has 7 nitrogen and oxygen atoms in total. The number of benzene rings is 2. The highest BCUT2D eigenvalue weighted by Crippen LogP contribution is 2.23. The van der Waals surface area contributed by atoms with E-state index in [1.54, 1.807) is 18.2 Å². The number of halogens is 1. The Bertz CT molecular complexity index is 856. The third-order valence-corrected chi connectivity index (χ3v) is 4.56. The fourth-order valence-corrected chi connectivity index (χ4v) is 2.73. The van der Waals surface area contributed by atoms with Crippen LogP contribution in [-0.4, -0.2) is 47.1 Å². The van der Waals surface area contributed by atoms with Crippen LogP contribution in [-0.2, 0) is 0 Å². The van der Waals surface area contributed by atoms with Crippen LogP contribution in [0, 0.1) is 24.0 Å². The number of aliphatic hydroxyl groups excluding tert-OH is 1. The van der Waals surface area contributed by atoms with Gasteiger partial charge >= 0.3 is 0 Å². The zero-order chi connectivity index (χ0) is 20.1. The van der Waals surface area contributed by atoms with Crippen molar-refractivity contribution in [3.05, 3.63) is 68.2 Å². The van der Waals surface area contributed by atoms with Crippen molar-refractivity contribution < 1.29 is 19.6 Å². The van der Waals surface area contributed by atoms with E-state index in [-0.39, 0.29) is 24.4 Å². The van der Waals surface area contributed by atoms with Gasteiger partial charge in [-0.15, -0.1) is 0 Å². The van der Waals surface area contributed by atoms with Gasteiger partial charge in [-0.3, -0.25) is 14.9 Å². The third-order valence-electron chi connectivity index (χ3n) is 4.14. The number of aryl methyl sites for hydroxylation is 1. The minimum atomic E-state index is -0.922. The fraction of sp³-hybridized carbons (Fsp3) is 0.316. The Kier molecular flexibility index (Phi) is 6.76. The number of likely N-dealkylation sites (N-methyl/N-ethyl adjacent to an activating group) is 1. The molecular formula is C19H21ClN2O5. The van der Waals surface area contributed by atoms with E-state index in [2.05, 4.69) is 0 Å². The lowest BCUT2D eigenvalue weighted by molar-refractivity contribution is -0.385. The quantitative estimate of drug-likeness (QED) is 0.576. The van der Waals surface area contributed by atoms with Gasteiger partial charge in [0.2, 0.25) is 0 Å². The van der Waals surface area contributed by atoms with E-state index >= 15 is 0 Å². The van der Waals surface area contributed by atoms with Gasteiger partial charge in [0, 0.05) is 35.8 Å². The maximum atomic E-state index is 12.6. The molecule has 0 heterocycles. The van der Waals surface area contributed by atoms with Crippen molar-refractivity contribution >= 4 is 23.2 Å². The van der Waals surface area contributed by atoms with Gasteiger partial charge in [0.1, 0.15) is 18.5 Å². The van der Waals surface area contributed by atoms with Gasteiger partial charge in [-0.05, 0) is 43.7 Å². The van der Waals surface area contributed by atoms with E-state index in [1.165, 1.54) is 37.1 Å². The lowest BCUT2D eigenvalue weighted by atomic mass is 10.1. The lowest BCUT2D eigenvalue weighted by Crippen LogP contribution is -2.37. The highest BCUT2D eigenvalue weighted by atomic mass is 35.5. The second kappa shape index (κ2) is 8.83. The highest BCUT2D eigenvalue weighted by Gasteiger charge is 2.22. The van der Waals surface area contributed by atoms with Gasteiger partial charge in [-0.1, -0.05) is 17.7 Å². The molecule has 2 aromatic carbocycles. The average Bonchev–Trinajstić information content (AvgIpc) is 2.62. The summed E-state index contributed by atoms with van der Waals surface area (Å²) in [6.07, 6.45) is -0.922. The summed E-state index contributed by atoms with van der Waals surface area (Å²) in [5.41, 5.74) is 1.27. The maximum absolute atomic E-state index is 12.6. The number of amides is 1. The second-order valence-corrected chi connectivity index (χ2v) is 6.68. The van der Waals surface area contributed by atoms with Crippen LogP contribution in [0.15, 0.2) is 36.4 Å². The first-order chi connectivity index (χ1) is 12.7. The molecule has 0 saturated heterocycles. The van der Waals surface area contributed by atoms with Gasteiger partial charge in [-0.2, -0.15) is 0 Å². The molecule has 1 N–H and O–H groups in total. The summed E-state index contributed by atoms with van der Waals surface area (Å²) < 4.78 is 5.53. The van der Waals surface area contributed by atoms with Crippen molar-refractivity contribution in [2.75, 3.05) is 20.2 Å². The minimum Gasteiger partial charge on any atom is -0.491 e. The van der Waals surface area contributed by atoms with Crippen LogP contribution < -0.4 is 4.74 Å². The van der Waals surface area contributed by atoms with Crippen molar-refractivity contribution in [2.24, 2.45) is 0 Å². The van der Waals surface area contributed by atoms with Crippen LogP contribution >= 0.6 is 11.6 Å². The summed E-state index contributed by atoms with van der Waals surface area (Å²) in [7, 11) is 1.52. The van der Waals surface area contributed by atoms with Crippen molar-refractivity contribution in [1.29, 1.82) is 0 Å². The second-order valence-electron chi connectivity index (χ2n) is 6.27. The molecule has 1 unspecified atom stereocenters. The summed E-state index contributed by atoms with van der Waals surface area (Å²) in [4.78, 5) is 24.4. The van der Waals surface area contributed by atoms with E-state index in [0.29, 0.717) is 16.3 Å². The van der Waals surface area contributed by atoms with Crippen LogP contribution in [0.1, 0.15) is 21.5 Å². The Balaban J connectivity index is 1.98. The molecule has 0 spiro atoms. The Labute approximate surface area is 162 Å². The van der Waals surface area contributed by atoms with Crippen LogP contribution in [0.3, 0.4) is 0 Å². The number of aliphatic hydroxyl groups is 1. The molecule has 8 heteroatoms. The summed E-state index contributed by atoms with van der Waals surface area (Å²) >= 11 is 5.96. The first-order valence-corrected chi connectivity index (χ1v) is 8.65. The standard InChI is InChI=1S/C19H21ClN2O5/c1-12-9-15(7-8-17(12)20)27-11-14(23)10-21(3)19(24)16-5-4-6-18(13(16)2)22(25)26/h4-9,14,23H,10-11H2,1-3H3. The molecular weight excluding hydrogens is 372 g/mol. The van der Waals surface area contributed by atoms with Gasteiger partial charge in [0.15, 0.2) is 0 Å². The number of nitro groups is 1. The van der Waals surface area contributed by atoms with E-state index in [4.69, 9.17) is 16.3 Å². The molecule has 0 fully saturated rings. The number of nitrogens with zero attached hydrogens (tertiary/aromatic N) is 2. The van der Waals surface area contributed by atoms with Crippen LogP contribution in [0.4, 0.5) is 5.69 Å². The van der Waals surface area contributed by atoms with Gasteiger partial charge in [-0.25, -0.2) is 0 Å². The number of ether oxygens (including phenoxy) is 1. The summed E-state index contributed by atoms with van der Waals surface area (Å²) in [6.45, 7) is 3.39. The Morgan fingerprint density at radius 3 is 2.67 bits per heavy atom. The largest absolute Gasteiger partial charge is 0.491 e. The zero-order valence-corrected chi connectivity index (χ0v) is 16.1. The lowest BCUT2D eigenvalue weighted by Gasteiger charge is -2.22. The van der Waals surface area contributed by atoms with E-state index in [1.807, 2.05) is 6.92 Å². The predicted octanol–water partition coefficient (Wildman–Crippen LogP) is 3.38. The summed E-state index contributed by atoms with van der Waals surface area (Å²) in [5.74, 6) is 0.164. The summed E-state index contributed by atoms with van der Waals surface area (Å²) in [5, 5.41) is 21.8. The van der Waals surface area contributed by atoms with Gasteiger partial charge in [0.25, 0.3) is 11.6 Å². The Hall–Kier alpha value is -2.64. The predicted molar refractivity (Wildman–Crippen MR) is 102 cm³/mol. The molecule has 0 aliphatic heterocycles. The molecule has 144 valence electrons. The zero-order valence-electron chi connectivity index (χ0n) is 15.3. The van der Waals surface area contributed by atoms with E-state index < -0.39 is 16.9 Å². The number of carbonyl (C=O) groups excluding carboxylic acids is 1. The molecule has 0 aliphatic carbocycles. The Morgan fingerprint density at radius 1 is 1.33 bits per heavy atom. The van der Waals surface area contributed by atoms with Gasteiger partial charge in [0.05, 0.1) is 4.92 Å². The molecule has 1 atom stereocenters. The van der Waals surface area contributed by atoms with Crippen molar-refractivity contribution in [3.8, 4) is 5.75 Å². The van der Waals surface area contributed by atoms with E-state index in [9.17, 15) is 20.0 Å². The number of hydrogen-bond donors (Lipinski definition) is 1. The van der Waals surface area contributed by atoms with Crippen LogP contribution in [0.25, 0.3) is 0 Å². The molecule has 0 aliphatic rings. The molecule has 27 heavy (non-hydrogen) atoms. The number of hydrogen-bond acceptors (Lipinski definition) is 5. The maximum Gasteiger partial charge on any atom is 0.273 e. The van der Waals surface area contributed by atoms with Crippen molar-refractivity contribution in [2.45, 2.75) is 20.0 Å². The molecule has 2 rings (SSSR count). The van der Waals surface area contributed by atoms with E-state index in [0.717, 1.165) is 5.56 Å². The minimum absolute atomic E-state index is 0.00733. The van der Waals surface area contributed by atoms with Crippen LogP contribution in [0.2, 0.25) is 5.02 Å². The first kappa shape index (κ1) is 20.7. The number of rotatable bonds is 7. The molecule has 0 aromatic heterocycles. The smallest absolute Gasteiger partial charge is 0.273 e. The average molecular weight is 393 g/mol. The number of carbonyl (C=O) groups is 1.